The van der Waals surface area contributed by atoms with Gasteiger partial charge in [0.2, 0.25) is 11.5 Å². The zero-order valence-electron chi connectivity index (χ0n) is 26.1. The van der Waals surface area contributed by atoms with Crippen LogP contribution in [0, 0.1) is 24.7 Å². The van der Waals surface area contributed by atoms with E-state index in [1.165, 1.54) is 89.6 Å². The topological polar surface area (TPSA) is 58.9 Å². The molecule has 4 heteroatoms. The van der Waals surface area contributed by atoms with Gasteiger partial charge < -0.3 is 19.7 Å². The van der Waals surface area contributed by atoms with Crippen LogP contribution in [0.5, 0.6) is 23.0 Å². The number of allylic oxidation sites excluding steroid dienone is 4. The number of aromatic hydroxyl groups is 2. The fraction of sp³-hybridized carbons (Fsp3) is 0.706. The van der Waals surface area contributed by atoms with Gasteiger partial charge in [-0.25, -0.2) is 0 Å². The number of rotatable bonds is 19. The third-order valence-corrected chi connectivity index (χ3v) is 8.06. The number of hydrogen-bond donors (Lipinski definition) is 2. The molecular formula is C34H58O4. The summed E-state index contributed by atoms with van der Waals surface area (Å²) < 4.78 is 10.5. The average Bonchev–Trinajstić information content (AvgIpc) is 2.85. The van der Waals surface area contributed by atoms with E-state index in [-0.39, 0.29) is 23.0 Å². The lowest BCUT2D eigenvalue weighted by atomic mass is 9.90. The number of ether oxygens (including phenoxy) is 2. The smallest absolute Gasteiger partial charge is 0.207 e. The van der Waals surface area contributed by atoms with Crippen molar-refractivity contribution in [3.8, 4) is 23.0 Å². The first-order valence-corrected chi connectivity index (χ1v) is 15.0. The molecule has 0 aliphatic heterocycles. The molecule has 0 saturated heterocycles. The van der Waals surface area contributed by atoms with E-state index in [0.717, 1.165) is 24.2 Å². The maximum atomic E-state index is 10.7. The molecule has 0 aliphatic rings. The van der Waals surface area contributed by atoms with Gasteiger partial charge >= 0.3 is 0 Å². The lowest BCUT2D eigenvalue weighted by molar-refractivity contribution is 0.314. The van der Waals surface area contributed by atoms with Gasteiger partial charge in [0.25, 0.3) is 0 Å². The summed E-state index contributed by atoms with van der Waals surface area (Å²) in [6, 6.07) is 0. The van der Waals surface area contributed by atoms with Crippen molar-refractivity contribution < 1.29 is 19.7 Å². The van der Waals surface area contributed by atoms with Gasteiger partial charge in [0.05, 0.1) is 14.2 Å². The van der Waals surface area contributed by atoms with Crippen LogP contribution in [0.1, 0.15) is 123 Å². The van der Waals surface area contributed by atoms with Crippen LogP contribution in [0.15, 0.2) is 23.3 Å². The Balaban J connectivity index is 2.32. The normalized spacial score (nSPS) is 14.2. The van der Waals surface area contributed by atoms with Gasteiger partial charge in [-0.15, -0.1) is 0 Å². The maximum absolute atomic E-state index is 10.7. The van der Waals surface area contributed by atoms with Crippen LogP contribution >= 0.6 is 0 Å². The van der Waals surface area contributed by atoms with Gasteiger partial charge in [-0.3, -0.25) is 0 Å². The summed E-state index contributed by atoms with van der Waals surface area (Å²) in [5.74, 6) is 2.88. The summed E-state index contributed by atoms with van der Waals surface area (Å²) >= 11 is 0. The Kier molecular flexibility index (Phi) is 16.3. The molecule has 1 aromatic rings. The molecular weight excluding hydrogens is 472 g/mol. The van der Waals surface area contributed by atoms with Crippen LogP contribution in [0.4, 0.5) is 0 Å². The molecule has 0 saturated carbocycles. The zero-order chi connectivity index (χ0) is 28.7. The first-order chi connectivity index (χ1) is 18.0. The minimum atomic E-state index is 0.0241. The van der Waals surface area contributed by atoms with Crippen LogP contribution in [-0.2, 0) is 6.42 Å². The lowest BCUT2D eigenvalue weighted by Gasteiger charge is -2.17. The SMILES string of the molecule is COc1c(O)c(C)c(C/C=C(\C)CCCC(C)CCCC(C)CCCC(C)CCC=C(C)C)c(O)c1OC. The second-order valence-electron chi connectivity index (χ2n) is 12.1. The highest BCUT2D eigenvalue weighted by atomic mass is 16.5. The fourth-order valence-electron chi connectivity index (χ4n) is 5.30. The van der Waals surface area contributed by atoms with E-state index in [1.807, 2.05) is 0 Å². The Bertz CT molecular complexity index is 879. The summed E-state index contributed by atoms with van der Waals surface area (Å²) in [6.45, 7) is 15.6. The highest BCUT2D eigenvalue weighted by Gasteiger charge is 2.22. The molecule has 4 nitrogen and oxygen atoms in total. The largest absolute Gasteiger partial charge is 0.504 e. The van der Waals surface area contributed by atoms with Crippen LogP contribution in [0.3, 0.4) is 0 Å². The van der Waals surface area contributed by atoms with Crippen LogP contribution in [0.25, 0.3) is 0 Å². The molecule has 3 unspecified atom stereocenters. The molecule has 0 aliphatic carbocycles. The van der Waals surface area contributed by atoms with Crippen molar-refractivity contribution in [2.24, 2.45) is 17.8 Å². The molecule has 3 atom stereocenters. The maximum Gasteiger partial charge on any atom is 0.207 e. The van der Waals surface area contributed by atoms with Crippen molar-refractivity contribution >= 4 is 0 Å². The van der Waals surface area contributed by atoms with Gasteiger partial charge in [-0.2, -0.15) is 0 Å². The number of hydrogen-bond acceptors (Lipinski definition) is 4. The first kappa shape index (κ1) is 33.9. The molecule has 0 heterocycles. The Morgan fingerprint density at radius 1 is 0.711 bits per heavy atom. The van der Waals surface area contributed by atoms with E-state index in [0.29, 0.717) is 17.5 Å². The van der Waals surface area contributed by atoms with E-state index >= 15 is 0 Å². The minimum absolute atomic E-state index is 0.0241. The molecule has 0 amide bonds. The second kappa shape index (κ2) is 18.2. The quantitative estimate of drug-likeness (QED) is 0.138. The summed E-state index contributed by atoms with van der Waals surface area (Å²) in [4.78, 5) is 0. The molecule has 1 rings (SSSR count). The number of phenols is 2. The fourth-order valence-corrected chi connectivity index (χ4v) is 5.30. The molecule has 0 fully saturated rings. The van der Waals surface area contributed by atoms with E-state index in [9.17, 15) is 10.2 Å². The summed E-state index contributed by atoms with van der Waals surface area (Å²) in [5.41, 5.74) is 4.06. The summed E-state index contributed by atoms with van der Waals surface area (Å²) in [7, 11) is 2.92. The van der Waals surface area contributed by atoms with Gasteiger partial charge in [0.15, 0.2) is 11.5 Å². The molecule has 0 radical (unpaired) electrons. The van der Waals surface area contributed by atoms with E-state index in [4.69, 9.17) is 9.47 Å². The molecule has 1 aromatic carbocycles. The third-order valence-electron chi connectivity index (χ3n) is 8.06. The van der Waals surface area contributed by atoms with Crippen molar-refractivity contribution in [3.63, 3.8) is 0 Å². The Morgan fingerprint density at radius 2 is 1.18 bits per heavy atom. The summed E-state index contributed by atoms with van der Waals surface area (Å²) in [5, 5.41) is 21.1. The van der Waals surface area contributed by atoms with Crippen molar-refractivity contribution in [1.29, 1.82) is 0 Å². The lowest BCUT2D eigenvalue weighted by Crippen LogP contribution is -2.01. The monoisotopic (exact) mass is 530 g/mol. The van der Waals surface area contributed by atoms with E-state index < -0.39 is 0 Å². The number of benzene rings is 1. The van der Waals surface area contributed by atoms with Crippen molar-refractivity contribution in [2.45, 2.75) is 126 Å². The molecule has 0 bridgehead atoms. The molecule has 218 valence electrons. The first-order valence-electron chi connectivity index (χ1n) is 15.0. The van der Waals surface area contributed by atoms with Gasteiger partial charge in [0.1, 0.15) is 0 Å². The molecule has 0 spiro atoms. The van der Waals surface area contributed by atoms with Crippen LogP contribution in [0.2, 0.25) is 0 Å². The van der Waals surface area contributed by atoms with Crippen molar-refractivity contribution in [1.82, 2.24) is 0 Å². The van der Waals surface area contributed by atoms with E-state index in [2.05, 4.69) is 53.7 Å². The number of phenolic OH excluding ortho intramolecular Hbond substituents is 2. The molecule has 0 aromatic heterocycles. The average molecular weight is 531 g/mol. The van der Waals surface area contributed by atoms with Crippen LogP contribution < -0.4 is 9.47 Å². The van der Waals surface area contributed by atoms with E-state index in [1.54, 1.807) is 6.92 Å². The Labute approximate surface area is 234 Å². The molecule has 2 N–H and O–H groups in total. The van der Waals surface area contributed by atoms with Crippen molar-refractivity contribution in [2.75, 3.05) is 14.2 Å². The van der Waals surface area contributed by atoms with Gasteiger partial charge in [-0.1, -0.05) is 89.0 Å². The minimum Gasteiger partial charge on any atom is -0.504 e. The predicted molar refractivity (Wildman–Crippen MR) is 163 cm³/mol. The second-order valence-corrected chi connectivity index (χ2v) is 12.1. The highest BCUT2D eigenvalue weighted by Crippen LogP contribution is 2.48. The standard InChI is InChI=1S/C34H58O4/c1-24(2)14-10-15-25(3)16-11-17-26(4)18-12-19-27(5)20-13-21-28(6)22-23-30-29(7)31(35)33(37-8)34(38-9)32(30)36/h14,22,25-27,35-36H,10-13,15-21,23H2,1-9H3/b28-22+. The summed E-state index contributed by atoms with van der Waals surface area (Å²) in [6.07, 6.45) is 19.3. The molecule has 38 heavy (non-hydrogen) atoms. The Morgan fingerprint density at radius 3 is 1.68 bits per heavy atom. The van der Waals surface area contributed by atoms with Gasteiger partial charge in [0, 0.05) is 11.1 Å². The third kappa shape index (κ3) is 12.2. The predicted octanol–water partition coefficient (Wildman–Crippen LogP) is 10.1. The zero-order valence-corrected chi connectivity index (χ0v) is 26.1. The number of methoxy groups -OCH3 is 2. The van der Waals surface area contributed by atoms with Crippen molar-refractivity contribution in [3.05, 3.63) is 34.4 Å². The van der Waals surface area contributed by atoms with Gasteiger partial charge in [-0.05, 0) is 77.6 Å². The highest BCUT2D eigenvalue weighted by molar-refractivity contribution is 5.66. The Hall–Kier alpha value is -2.10. The van der Waals surface area contributed by atoms with Crippen LogP contribution in [-0.4, -0.2) is 24.4 Å².